The van der Waals surface area contributed by atoms with Gasteiger partial charge in [-0.2, -0.15) is 0 Å². The number of hydrogen-bond donors (Lipinski definition) is 0. The smallest absolute Gasteiger partial charge is 0.00922 e. The lowest BCUT2D eigenvalue weighted by Crippen LogP contribution is -1.73. The fourth-order valence-corrected chi connectivity index (χ4v) is 1.07. The fourth-order valence-electron chi connectivity index (χ4n) is 0.492. The van der Waals surface area contributed by atoms with Gasteiger partial charge in [0.05, 0.1) is 0 Å². The summed E-state index contributed by atoms with van der Waals surface area (Å²) >= 11 is 1.69. The summed E-state index contributed by atoms with van der Waals surface area (Å²) in [7, 11) is 0. The Morgan fingerprint density at radius 2 is 2.11 bits per heavy atom. The van der Waals surface area contributed by atoms with E-state index in [1.807, 2.05) is 19.3 Å². The van der Waals surface area contributed by atoms with Crippen LogP contribution in [0.15, 0.2) is 35.8 Å². The van der Waals surface area contributed by atoms with E-state index in [2.05, 4.69) is 13.2 Å². The molecule has 0 saturated carbocycles. The third-order valence-corrected chi connectivity index (χ3v) is 1.83. The maximum atomic E-state index is 3.81. The topological polar surface area (TPSA) is 0 Å². The van der Waals surface area contributed by atoms with Crippen LogP contribution in [0.1, 0.15) is 6.92 Å². The molecule has 0 fully saturated rings. The molecule has 0 radical (unpaired) electrons. The van der Waals surface area contributed by atoms with Crippen molar-refractivity contribution in [2.24, 2.45) is 0 Å². The van der Waals surface area contributed by atoms with Crippen LogP contribution in [-0.2, 0) is 0 Å². The van der Waals surface area contributed by atoms with Crippen molar-refractivity contribution >= 4 is 11.8 Å². The van der Waals surface area contributed by atoms with Crippen molar-refractivity contribution in [2.75, 3.05) is 6.26 Å². The SMILES string of the molecule is C=C/C=C(/SC)C(=C)C. The number of allylic oxidation sites excluding steroid dienone is 3. The van der Waals surface area contributed by atoms with E-state index in [4.69, 9.17) is 0 Å². The zero-order valence-electron chi connectivity index (χ0n) is 5.98. The molecule has 0 heterocycles. The molecule has 0 N–H and O–H groups in total. The summed E-state index contributed by atoms with van der Waals surface area (Å²) in [5, 5.41) is 0. The maximum Gasteiger partial charge on any atom is 0.00922 e. The molecular weight excluding hydrogens is 128 g/mol. The minimum atomic E-state index is 1.10. The van der Waals surface area contributed by atoms with E-state index in [1.54, 1.807) is 17.8 Å². The Kier molecular flexibility index (Phi) is 4.24. The van der Waals surface area contributed by atoms with E-state index in [0.717, 1.165) is 5.57 Å². The molecule has 0 aromatic heterocycles. The number of thioether (sulfide) groups is 1. The molecule has 0 aromatic rings. The first-order valence-corrected chi connectivity index (χ1v) is 3.97. The van der Waals surface area contributed by atoms with Crippen LogP contribution in [0.5, 0.6) is 0 Å². The van der Waals surface area contributed by atoms with E-state index in [-0.39, 0.29) is 0 Å². The molecule has 1 heteroatoms. The molecule has 0 nitrogen and oxygen atoms in total. The summed E-state index contributed by atoms with van der Waals surface area (Å²) in [5.74, 6) is 0. The molecule has 0 amide bonds. The van der Waals surface area contributed by atoms with Crippen LogP contribution in [0.25, 0.3) is 0 Å². The third-order valence-electron chi connectivity index (χ3n) is 0.910. The van der Waals surface area contributed by atoms with Gasteiger partial charge in [0.25, 0.3) is 0 Å². The summed E-state index contributed by atoms with van der Waals surface area (Å²) in [4.78, 5) is 1.20. The molecule has 0 atom stereocenters. The number of rotatable bonds is 3. The normalized spacial score (nSPS) is 11.1. The van der Waals surface area contributed by atoms with Crippen molar-refractivity contribution in [1.29, 1.82) is 0 Å². The Bertz CT molecular complexity index is 143. The van der Waals surface area contributed by atoms with Crippen molar-refractivity contribution in [1.82, 2.24) is 0 Å². The Balaban J connectivity index is 4.14. The summed E-state index contributed by atoms with van der Waals surface area (Å²) in [5.41, 5.74) is 1.10. The first-order valence-electron chi connectivity index (χ1n) is 2.75. The highest BCUT2D eigenvalue weighted by molar-refractivity contribution is 8.02. The average Bonchev–Trinajstić information content (AvgIpc) is 1.82. The molecule has 0 aliphatic heterocycles. The van der Waals surface area contributed by atoms with Crippen molar-refractivity contribution in [3.63, 3.8) is 0 Å². The lowest BCUT2D eigenvalue weighted by atomic mass is 10.3. The molecule has 0 saturated heterocycles. The molecule has 0 bridgehead atoms. The van der Waals surface area contributed by atoms with Gasteiger partial charge >= 0.3 is 0 Å². The monoisotopic (exact) mass is 140 g/mol. The molecular formula is C8H12S. The van der Waals surface area contributed by atoms with Crippen molar-refractivity contribution in [2.45, 2.75) is 6.92 Å². The summed E-state index contributed by atoms with van der Waals surface area (Å²) < 4.78 is 0. The van der Waals surface area contributed by atoms with E-state index < -0.39 is 0 Å². The minimum Gasteiger partial charge on any atom is -0.129 e. The van der Waals surface area contributed by atoms with E-state index in [9.17, 15) is 0 Å². The third kappa shape index (κ3) is 3.20. The molecule has 0 aliphatic carbocycles. The zero-order valence-corrected chi connectivity index (χ0v) is 6.79. The van der Waals surface area contributed by atoms with Crippen LogP contribution in [0.3, 0.4) is 0 Å². The van der Waals surface area contributed by atoms with Crippen LogP contribution in [0.4, 0.5) is 0 Å². The summed E-state index contributed by atoms with van der Waals surface area (Å²) in [6.45, 7) is 9.40. The Morgan fingerprint density at radius 3 is 2.22 bits per heavy atom. The van der Waals surface area contributed by atoms with Gasteiger partial charge in [-0.05, 0) is 24.8 Å². The van der Waals surface area contributed by atoms with Crippen LogP contribution >= 0.6 is 11.8 Å². The van der Waals surface area contributed by atoms with Gasteiger partial charge in [0, 0.05) is 4.91 Å². The van der Waals surface area contributed by atoms with E-state index >= 15 is 0 Å². The van der Waals surface area contributed by atoms with Gasteiger partial charge in [-0.1, -0.05) is 19.2 Å². The van der Waals surface area contributed by atoms with Gasteiger partial charge in [0.15, 0.2) is 0 Å². The molecule has 0 rings (SSSR count). The van der Waals surface area contributed by atoms with Crippen molar-refractivity contribution in [3.8, 4) is 0 Å². The summed E-state index contributed by atoms with van der Waals surface area (Å²) in [6.07, 6.45) is 5.78. The first kappa shape index (κ1) is 8.57. The summed E-state index contributed by atoms with van der Waals surface area (Å²) in [6, 6.07) is 0. The van der Waals surface area contributed by atoms with Gasteiger partial charge in [-0.3, -0.25) is 0 Å². The van der Waals surface area contributed by atoms with Crippen LogP contribution in [-0.4, -0.2) is 6.26 Å². The molecule has 0 spiro atoms. The van der Waals surface area contributed by atoms with Crippen molar-refractivity contribution < 1.29 is 0 Å². The second-order valence-electron chi connectivity index (χ2n) is 1.75. The molecule has 0 unspecified atom stereocenters. The van der Waals surface area contributed by atoms with Crippen LogP contribution in [0, 0.1) is 0 Å². The molecule has 9 heavy (non-hydrogen) atoms. The second-order valence-corrected chi connectivity index (χ2v) is 2.60. The van der Waals surface area contributed by atoms with Gasteiger partial charge in [-0.15, -0.1) is 11.8 Å². The van der Waals surface area contributed by atoms with Crippen LogP contribution < -0.4 is 0 Å². The van der Waals surface area contributed by atoms with Crippen LogP contribution in [0.2, 0.25) is 0 Å². The standard InChI is InChI=1S/C8H12S/c1-5-6-8(9-4)7(2)3/h5-6H,1-2H2,3-4H3/b8-6+. The largest absolute Gasteiger partial charge is 0.129 e. The maximum absolute atomic E-state index is 3.81. The van der Waals surface area contributed by atoms with Gasteiger partial charge in [-0.25, -0.2) is 0 Å². The van der Waals surface area contributed by atoms with Gasteiger partial charge < -0.3 is 0 Å². The quantitative estimate of drug-likeness (QED) is 0.543. The Morgan fingerprint density at radius 1 is 1.56 bits per heavy atom. The molecule has 0 aromatic carbocycles. The minimum absolute atomic E-state index is 1.10. The van der Waals surface area contributed by atoms with Gasteiger partial charge in [0.1, 0.15) is 0 Å². The highest BCUT2D eigenvalue weighted by atomic mass is 32.2. The first-order chi connectivity index (χ1) is 4.22. The van der Waals surface area contributed by atoms with Gasteiger partial charge in [0.2, 0.25) is 0 Å². The Labute approximate surface area is 61.3 Å². The predicted octanol–water partition coefficient (Wildman–Crippen LogP) is 3.00. The highest BCUT2D eigenvalue weighted by Crippen LogP contribution is 2.18. The average molecular weight is 140 g/mol. The zero-order chi connectivity index (χ0) is 7.28. The lowest BCUT2D eigenvalue weighted by Gasteiger charge is -1.98. The highest BCUT2D eigenvalue weighted by Gasteiger charge is 1.90. The molecule has 0 aliphatic rings. The van der Waals surface area contributed by atoms with Crippen molar-refractivity contribution in [3.05, 3.63) is 35.8 Å². The van der Waals surface area contributed by atoms with E-state index in [0.29, 0.717) is 0 Å². The Hall–Kier alpha value is -0.430. The number of hydrogen-bond acceptors (Lipinski definition) is 1. The predicted molar refractivity (Wildman–Crippen MR) is 46.6 cm³/mol. The lowest BCUT2D eigenvalue weighted by molar-refractivity contribution is 1.53. The van der Waals surface area contributed by atoms with E-state index in [1.165, 1.54) is 4.91 Å². The molecule has 50 valence electrons. The fraction of sp³-hybridized carbons (Fsp3) is 0.250. The second kappa shape index (κ2) is 4.45.